The van der Waals surface area contributed by atoms with Crippen LogP contribution in [0.4, 0.5) is 0 Å². The molecule has 3 nitrogen and oxygen atoms in total. The predicted octanol–water partition coefficient (Wildman–Crippen LogP) is 1.93. The van der Waals surface area contributed by atoms with Gasteiger partial charge < -0.3 is 9.67 Å². The molecule has 0 amide bonds. The molecule has 2 rings (SSSR count). The maximum atomic E-state index is 9.14. The molecule has 0 spiro atoms. The van der Waals surface area contributed by atoms with E-state index in [0.717, 1.165) is 5.52 Å². The van der Waals surface area contributed by atoms with Gasteiger partial charge in [-0.1, -0.05) is 0 Å². The van der Waals surface area contributed by atoms with E-state index in [-0.39, 0.29) is 5.75 Å². The van der Waals surface area contributed by atoms with Gasteiger partial charge in [-0.2, -0.15) is 0 Å². The largest absolute Gasteiger partial charge is 0.508 e. The summed E-state index contributed by atoms with van der Waals surface area (Å²) in [5.41, 5.74) is 1.63. The molecule has 0 aliphatic rings. The lowest BCUT2D eigenvalue weighted by atomic mass is 10.3. The van der Waals surface area contributed by atoms with Crippen molar-refractivity contribution in [2.24, 2.45) is 7.05 Å². The molecule has 2 aromatic rings. The summed E-state index contributed by atoms with van der Waals surface area (Å²) in [5.74, 6) is 0.206. The standard InChI is InChI=1S/C8H7ClN2O/c1-11-7-3-2-5(12)4-6(7)10-8(11)9/h2-4,12H,1H3. The lowest BCUT2D eigenvalue weighted by Gasteiger charge is -1.94. The number of imidazole rings is 1. The van der Waals surface area contributed by atoms with Gasteiger partial charge in [0, 0.05) is 13.1 Å². The lowest BCUT2D eigenvalue weighted by Crippen LogP contribution is -1.85. The van der Waals surface area contributed by atoms with Gasteiger partial charge in [0.15, 0.2) is 0 Å². The maximum Gasteiger partial charge on any atom is 0.203 e. The molecule has 0 atom stereocenters. The van der Waals surface area contributed by atoms with Crippen molar-refractivity contribution in [3.8, 4) is 5.75 Å². The molecule has 1 aromatic heterocycles. The number of halogens is 1. The average molecular weight is 183 g/mol. The number of rotatable bonds is 0. The van der Waals surface area contributed by atoms with E-state index in [4.69, 9.17) is 16.7 Å². The average Bonchev–Trinajstić information content (AvgIpc) is 2.28. The topological polar surface area (TPSA) is 38.0 Å². The zero-order valence-corrected chi connectivity index (χ0v) is 7.21. The summed E-state index contributed by atoms with van der Waals surface area (Å²) in [7, 11) is 1.83. The van der Waals surface area contributed by atoms with Crippen LogP contribution in [0.15, 0.2) is 18.2 Å². The van der Waals surface area contributed by atoms with E-state index in [9.17, 15) is 0 Å². The number of phenols is 1. The van der Waals surface area contributed by atoms with Crippen molar-refractivity contribution < 1.29 is 5.11 Å². The van der Waals surface area contributed by atoms with E-state index >= 15 is 0 Å². The Morgan fingerprint density at radius 2 is 2.25 bits per heavy atom. The Morgan fingerprint density at radius 3 is 3.00 bits per heavy atom. The highest BCUT2D eigenvalue weighted by atomic mass is 35.5. The number of phenolic OH excluding ortho intramolecular Hbond substituents is 1. The highest BCUT2D eigenvalue weighted by molar-refractivity contribution is 6.29. The SMILES string of the molecule is Cn1c(Cl)nc2cc(O)ccc21. The zero-order chi connectivity index (χ0) is 8.72. The second-order valence-electron chi connectivity index (χ2n) is 2.61. The molecule has 1 aromatic carbocycles. The van der Waals surface area contributed by atoms with Gasteiger partial charge in [-0.05, 0) is 23.7 Å². The summed E-state index contributed by atoms with van der Waals surface area (Å²) >= 11 is 5.77. The Labute approximate surface area is 74.2 Å². The Balaban J connectivity index is 2.87. The van der Waals surface area contributed by atoms with Crippen molar-refractivity contribution >= 4 is 22.6 Å². The van der Waals surface area contributed by atoms with Crippen LogP contribution in [0.2, 0.25) is 5.28 Å². The molecule has 1 heterocycles. The summed E-state index contributed by atoms with van der Waals surface area (Å²) in [4.78, 5) is 4.04. The smallest absolute Gasteiger partial charge is 0.203 e. The van der Waals surface area contributed by atoms with Crippen molar-refractivity contribution in [2.45, 2.75) is 0 Å². The monoisotopic (exact) mass is 182 g/mol. The van der Waals surface area contributed by atoms with Gasteiger partial charge >= 0.3 is 0 Å². The van der Waals surface area contributed by atoms with E-state index in [1.54, 1.807) is 22.8 Å². The normalized spacial score (nSPS) is 10.8. The van der Waals surface area contributed by atoms with Crippen molar-refractivity contribution in [1.29, 1.82) is 0 Å². The Bertz CT molecular complexity index is 436. The van der Waals surface area contributed by atoms with Crippen molar-refractivity contribution in [2.75, 3.05) is 0 Å². The molecule has 0 aliphatic carbocycles. The third kappa shape index (κ3) is 0.940. The zero-order valence-electron chi connectivity index (χ0n) is 6.45. The summed E-state index contributed by atoms with van der Waals surface area (Å²) in [6, 6.07) is 4.98. The number of fused-ring (bicyclic) bond motifs is 1. The van der Waals surface area contributed by atoms with Gasteiger partial charge in [-0.15, -0.1) is 0 Å². The fourth-order valence-electron chi connectivity index (χ4n) is 1.16. The molecule has 0 saturated carbocycles. The molecule has 12 heavy (non-hydrogen) atoms. The van der Waals surface area contributed by atoms with Crippen LogP contribution < -0.4 is 0 Å². The van der Waals surface area contributed by atoms with Crippen LogP contribution in [0.25, 0.3) is 11.0 Å². The van der Waals surface area contributed by atoms with Gasteiger partial charge in [0.1, 0.15) is 5.75 Å². The summed E-state index contributed by atoms with van der Waals surface area (Å²) in [5, 5.41) is 9.56. The number of nitrogens with zero attached hydrogens (tertiary/aromatic N) is 2. The first-order valence-corrected chi connectivity index (χ1v) is 3.87. The number of aromatic nitrogens is 2. The second kappa shape index (κ2) is 2.38. The van der Waals surface area contributed by atoms with Crippen molar-refractivity contribution in [3.63, 3.8) is 0 Å². The van der Waals surface area contributed by atoms with E-state index in [1.807, 2.05) is 7.05 Å². The summed E-state index contributed by atoms with van der Waals surface area (Å²) < 4.78 is 1.76. The lowest BCUT2D eigenvalue weighted by molar-refractivity contribution is 0.476. The predicted molar refractivity (Wildman–Crippen MR) is 47.4 cm³/mol. The van der Waals surface area contributed by atoms with E-state index < -0.39 is 0 Å². The fourth-order valence-corrected chi connectivity index (χ4v) is 1.34. The van der Waals surface area contributed by atoms with Crippen molar-refractivity contribution in [3.05, 3.63) is 23.5 Å². The van der Waals surface area contributed by atoms with Gasteiger partial charge in [0.25, 0.3) is 0 Å². The van der Waals surface area contributed by atoms with E-state index in [2.05, 4.69) is 4.98 Å². The molecule has 0 saturated heterocycles. The quantitative estimate of drug-likeness (QED) is 0.676. The molecule has 1 N–H and O–H groups in total. The van der Waals surface area contributed by atoms with Crippen LogP contribution in [-0.2, 0) is 7.05 Å². The summed E-state index contributed by atoms with van der Waals surface area (Å²) in [6.07, 6.45) is 0. The molecule has 62 valence electrons. The number of aryl methyl sites for hydroxylation is 1. The molecule has 4 heteroatoms. The third-order valence-corrected chi connectivity index (χ3v) is 2.15. The fraction of sp³-hybridized carbons (Fsp3) is 0.125. The van der Waals surface area contributed by atoms with Crippen LogP contribution in [0, 0.1) is 0 Å². The minimum absolute atomic E-state index is 0.206. The van der Waals surface area contributed by atoms with Crippen LogP contribution in [-0.4, -0.2) is 14.7 Å². The van der Waals surface area contributed by atoms with Gasteiger partial charge in [0.2, 0.25) is 5.28 Å². The number of hydrogen-bond donors (Lipinski definition) is 1. The molecule has 0 fully saturated rings. The first-order chi connectivity index (χ1) is 5.68. The highest BCUT2D eigenvalue weighted by Gasteiger charge is 2.04. The summed E-state index contributed by atoms with van der Waals surface area (Å²) in [6.45, 7) is 0. The molecule has 0 bridgehead atoms. The molecule has 0 aliphatic heterocycles. The number of aromatic hydroxyl groups is 1. The van der Waals surface area contributed by atoms with E-state index in [1.165, 1.54) is 0 Å². The third-order valence-electron chi connectivity index (χ3n) is 1.81. The number of hydrogen-bond acceptors (Lipinski definition) is 2. The highest BCUT2D eigenvalue weighted by Crippen LogP contribution is 2.21. The van der Waals surface area contributed by atoms with Crippen LogP contribution in [0.1, 0.15) is 0 Å². The first kappa shape index (κ1) is 7.43. The Morgan fingerprint density at radius 1 is 1.50 bits per heavy atom. The van der Waals surface area contributed by atoms with Crippen LogP contribution in [0.5, 0.6) is 5.75 Å². The number of benzene rings is 1. The van der Waals surface area contributed by atoms with Gasteiger partial charge in [-0.3, -0.25) is 0 Å². The molecular weight excluding hydrogens is 176 g/mol. The second-order valence-corrected chi connectivity index (χ2v) is 2.95. The van der Waals surface area contributed by atoms with Crippen LogP contribution >= 0.6 is 11.6 Å². The van der Waals surface area contributed by atoms with Crippen molar-refractivity contribution in [1.82, 2.24) is 9.55 Å². The van der Waals surface area contributed by atoms with Gasteiger partial charge in [0.05, 0.1) is 11.0 Å². The minimum atomic E-state index is 0.206. The first-order valence-electron chi connectivity index (χ1n) is 3.49. The molecular formula is C8H7ClN2O. The Hall–Kier alpha value is -1.22. The van der Waals surface area contributed by atoms with Crippen LogP contribution in [0.3, 0.4) is 0 Å². The minimum Gasteiger partial charge on any atom is -0.508 e. The van der Waals surface area contributed by atoms with E-state index in [0.29, 0.717) is 10.8 Å². The maximum absolute atomic E-state index is 9.14. The Kier molecular flexibility index (Phi) is 1.48. The molecule has 0 radical (unpaired) electrons. The molecule has 0 unspecified atom stereocenters. The van der Waals surface area contributed by atoms with Gasteiger partial charge in [-0.25, -0.2) is 4.98 Å².